The normalized spacial score (nSPS) is 10.2. The highest BCUT2D eigenvalue weighted by atomic mass is 19.1. The Kier molecular flexibility index (Phi) is 3.23. The van der Waals surface area contributed by atoms with E-state index >= 15 is 0 Å². The average molecular weight is 231 g/mol. The minimum absolute atomic E-state index is 0.205. The Morgan fingerprint density at radius 2 is 2.35 bits per heavy atom. The van der Waals surface area contributed by atoms with E-state index in [2.05, 4.69) is 17.0 Å². The summed E-state index contributed by atoms with van der Waals surface area (Å²) >= 11 is 0. The molecule has 2 rings (SSSR count). The Hall–Kier alpha value is -2.10. The summed E-state index contributed by atoms with van der Waals surface area (Å²) in [6.45, 7) is 5.89. The lowest BCUT2D eigenvalue weighted by Gasteiger charge is -2.07. The molecule has 0 unspecified atom stereocenters. The molecule has 0 saturated carbocycles. The number of rotatable bonds is 4. The number of nitrogens with one attached hydrogen (secondary N) is 1. The van der Waals surface area contributed by atoms with E-state index in [4.69, 9.17) is 0 Å². The monoisotopic (exact) mass is 231 g/mol. The SMILES string of the molecule is C=Cn1cc(CNc2cccc(C)c2F)cn1. The first-order valence-corrected chi connectivity index (χ1v) is 5.35. The van der Waals surface area contributed by atoms with Crippen molar-refractivity contribution in [3.63, 3.8) is 0 Å². The summed E-state index contributed by atoms with van der Waals surface area (Å²) in [6, 6.07) is 5.30. The Morgan fingerprint density at radius 3 is 3.06 bits per heavy atom. The molecular formula is C13H14FN3. The van der Waals surface area contributed by atoms with Crippen LogP contribution in [0.25, 0.3) is 6.20 Å². The van der Waals surface area contributed by atoms with E-state index in [1.165, 1.54) is 0 Å². The molecule has 3 nitrogen and oxygen atoms in total. The van der Waals surface area contributed by atoms with Crippen molar-refractivity contribution in [1.29, 1.82) is 0 Å². The van der Waals surface area contributed by atoms with Gasteiger partial charge in [0.05, 0.1) is 11.9 Å². The van der Waals surface area contributed by atoms with Gasteiger partial charge in [0.2, 0.25) is 0 Å². The van der Waals surface area contributed by atoms with Crippen molar-refractivity contribution in [3.05, 3.63) is 54.1 Å². The third kappa shape index (κ3) is 2.53. The van der Waals surface area contributed by atoms with Gasteiger partial charge in [0.1, 0.15) is 5.82 Å². The molecule has 17 heavy (non-hydrogen) atoms. The van der Waals surface area contributed by atoms with Gasteiger partial charge >= 0.3 is 0 Å². The van der Waals surface area contributed by atoms with Crippen molar-refractivity contribution >= 4 is 11.9 Å². The van der Waals surface area contributed by atoms with Gasteiger partial charge in [0.25, 0.3) is 0 Å². The van der Waals surface area contributed by atoms with Crippen LogP contribution in [0.2, 0.25) is 0 Å². The summed E-state index contributed by atoms with van der Waals surface area (Å²) in [6.07, 6.45) is 5.17. The zero-order valence-corrected chi connectivity index (χ0v) is 9.65. The number of aromatic nitrogens is 2. The van der Waals surface area contributed by atoms with Crippen molar-refractivity contribution in [1.82, 2.24) is 9.78 Å². The number of hydrogen-bond donors (Lipinski definition) is 1. The molecule has 0 atom stereocenters. The molecule has 4 heteroatoms. The third-order valence-corrected chi connectivity index (χ3v) is 2.52. The van der Waals surface area contributed by atoms with Crippen molar-refractivity contribution in [2.24, 2.45) is 0 Å². The van der Waals surface area contributed by atoms with Crippen LogP contribution in [0.5, 0.6) is 0 Å². The van der Waals surface area contributed by atoms with Gasteiger partial charge in [-0.15, -0.1) is 0 Å². The van der Waals surface area contributed by atoms with E-state index in [0.717, 1.165) is 5.56 Å². The molecule has 1 N–H and O–H groups in total. The lowest BCUT2D eigenvalue weighted by molar-refractivity contribution is 0.621. The summed E-state index contributed by atoms with van der Waals surface area (Å²) in [4.78, 5) is 0. The molecule has 0 bridgehead atoms. The average Bonchev–Trinajstić information content (AvgIpc) is 2.79. The van der Waals surface area contributed by atoms with E-state index in [1.807, 2.05) is 12.3 Å². The Labute approximate surface area is 99.6 Å². The van der Waals surface area contributed by atoms with Gasteiger partial charge in [0.15, 0.2) is 0 Å². The second-order valence-electron chi connectivity index (χ2n) is 3.80. The molecule has 1 aromatic heterocycles. The molecule has 1 heterocycles. The van der Waals surface area contributed by atoms with E-state index < -0.39 is 0 Å². The number of halogens is 1. The van der Waals surface area contributed by atoms with Crippen molar-refractivity contribution in [2.75, 3.05) is 5.32 Å². The Morgan fingerprint density at radius 1 is 1.53 bits per heavy atom. The van der Waals surface area contributed by atoms with Gasteiger partial charge < -0.3 is 5.32 Å². The maximum absolute atomic E-state index is 13.7. The lowest BCUT2D eigenvalue weighted by atomic mass is 10.2. The number of aryl methyl sites for hydroxylation is 1. The highest BCUT2D eigenvalue weighted by Gasteiger charge is 2.04. The predicted octanol–water partition coefficient (Wildman–Crippen LogP) is 3.04. The molecule has 0 saturated heterocycles. The molecule has 0 amide bonds. The summed E-state index contributed by atoms with van der Waals surface area (Å²) in [5.74, 6) is -0.205. The first kappa shape index (κ1) is 11.4. The number of benzene rings is 1. The van der Waals surface area contributed by atoms with E-state index in [1.54, 1.807) is 36.1 Å². The molecule has 0 fully saturated rings. The van der Waals surface area contributed by atoms with Crippen LogP contribution in [0.3, 0.4) is 0 Å². The van der Waals surface area contributed by atoms with E-state index in [-0.39, 0.29) is 5.82 Å². The highest BCUT2D eigenvalue weighted by molar-refractivity contribution is 5.47. The minimum atomic E-state index is -0.205. The molecular weight excluding hydrogens is 217 g/mol. The Bertz CT molecular complexity index is 531. The second kappa shape index (κ2) is 4.82. The first-order valence-electron chi connectivity index (χ1n) is 5.35. The van der Waals surface area contributed by atoms with Crippen molar-refractivity contribution in [3.8, 4) is 0 Å². The van der Waals surface area contributed by atoms with Crippen molar-refractivity contribution in [2.45, 2.75) is 13.5 Å². The fourth-order valence-electron chi connectivity index (χ4n) is 1.55. The molecule has 1 aromatic carbocycles. The fourth-order valence-corrected chi connectivity index (χ4v) is 1.55. The van der Waals surface area contributed by atoms with Crippen LogP contribution in [0.1, 0.15) is 11.1 Å². The smallest absolute Gasteiger partial charge is 0.149 e. The van der Waals surface area contributed by atoms with Crippen molar-refractivity contribution < 1.29 is 4.39 Å². The summed E-state index contributed by atoms with van der Waals surface area (Å²) in [5.41, 5.74) is 2.12. The van der Waals surface area contributed by atoms with Gasteiger partial charge in [-0.2, -0.15) is 5.10 Å². The fraction of sp³-hybridized carbons (Fsp3) is 0.154. The summed E-state index contributed by atoms with van der Waals surface area (Å²) < 4.78 is 15.3. The van der Waals surface area contributed by atoms with Crippen LogP contribution in [0.4, 0.5) is 10.1 Å². The van der Waals surface area contributed by atoms with Gasteiger partial charge in [0, 0.05) is 24.5 Å². The second-order valence-corrected chi connectivity index (χ2v) is 3.80. The highest BCUT2D eigenvalue weighted by Crippen LogP contribution is 2.17. The van der Waals surface area contributed by atoms with E-state index in [0.29, 0.717) is 17.8 Å². The number of nitrogens with zero attached hydrogens (tertiary/aromatic N) is 2. The third-order valence-electron chi connectivity index (χ3n) is 2.52. The van der Waals surface area contributed by atoms with E-state index in [9.17, 15) is 4.39 Å². The van der Waals surface area contributed by atoms with Gasteiger partial charge in [-0.1, -0.05) is 18.7 Å². The number of anilines is 1. The van der Waals surface area contributed by atoms with Gasteiger partial charge in [-0.05, 0) is 18.6 Å². The van der Waals surface area contributed by atoms with Gasteiger partial charge in [-0.25, -0.2) is 9.07 Å². The molecule has 0 aliphatic heterocycles. The minimum Gasteiger partial charge on any atom is -0.378 e. The van der Waals surface area contributed by atoms with Crippen LogP contribution < -0.4 is 5.32 Å². The summed E-state index contributed by atoms with van der Waals surface area (Å²) in [7, 11) is 0. The Balaban J connectivity index is 2.07. The standard InChI is InChI=1S/C13H14FN3/c1-3-17-9-11(8-16-17)7-15-12-6-4-5-10(2)13(12)14/h3-6,8-9,15H,1,7H2,2H3. The zero-order chi connectivity index (χ0) is 12.3. The zero-order valence-electron chi connectivity index (χ0n) is 9.65. The molecule has 2 aromatic rings. The molecule has 88 valence electrons. The largest absolute Gasteiger partial charge is 0.378 e. The molecule has 0 aliphatic carbocycles. The summed E-state index contributed by atoms with van der Waals surface area (Å²) in [5, 5.41) is 7.10. The maximum Gasteiger partial charge on any atom is 0.149 e. The predicted molar refractivity (Wildman–Crippen MR) is 67.1 cm³/mol. The van der Waals surface area contributed by atoms with Crippen LogP contribution in [0, 0.1) is 12.7 Å². The molecule has 0 radical (unpaired) electrons. The molecule has 0 aliphatic rings. The topological polar surface area (TPSA) is 29.9 Å². The van der Waals surface area contributed by atoms with Crippen LogP contribution in [-0.2, 0) is 6.54 Å². The first-order chi connectivity index (χ1) is 8.20. The maximum atomic E-state index is 13.7. The quantitative estimate of drug-likeness (QED) is 0.876. The van der Waals surface area contributed by atoms with Gasteiger partial charge in [-0.3, -0.25) is 0 Å². The van der Waals surface area contributed by atoms with Crippen LogP contribution in [-0.4, -0.2) is 9.78 Å². The van der Waals surface area contributed by atoms with Crippen LogP contribution in [0.15, 0.2) is 37.2 Å². The van der Waals surface area contributed by atoms with Crippen LogP contribution >= 0.6 is 0 Å². The molecule has 0 spiro atoms. The lowest BCUT2D eigenvalue weighted by Crippen LogP contribution is -2.01. The number of hydrogen-bond acceptors (Lipinski definition) is 2.